The number of hydrogen-bond donors (Lipinski definition) is 2. The summed E-state index contributed by atoms with van der Waals surface area (Å²) in [7, 11) is -3.39. The minimum atomic E-state index is -3.39. The average molecular weight is 356 g/mol. The van der Waals surface area contributed by atoms with Crippen LogP contribution in [0.3, 0.4) is 0 Å². The standard InChI is InChI=1S/C11H15BrN2O2S.ClH/c12-9-3-5-11(6-4-9)17(15,16)14-10-2-1-7-13-8-10;/h3-6,10,13-14H,1-2,7-8H2;1H/t10-;/m0./s1. The molecule has 1 aliphatic rings. The van der Waals surface area contributed by atoms with Crippen LogP contribution in [0.2, 0.25) is 0 Å². The van der Waals surface area contributed by atoms with Gasteiger partial charge in [0.25, 0.3) is 0 Å². The topological polar surface area (TPSA) is 58.2 Å². The molecule has 1 saturated heterocycles. The maximum atomic E-state index is 12.1. The second-order valence-corrected chi connectivity index (χ2v) is 6.75. The largest absolute Gasteiger partial charge is 0.315 e. The van der Waals surface area contributed by atoms with Crippen molar-refractivity contribution in [2.45, 2.75) is 23.8 Å². The summed E-state index contributed by atoms with van der Waals surface area (Å²) in [6.45, 7) is 1.67. The summed E-state index contributed by atoms with van der Waals surface area (Å²) in [5.41, 5.74) is 0. The van der Waals surface area contributed by atoms with Crippen molar-refractivity contribution in [3.63, 3.8) is 0 Å². The number of halogens is 2. The molecule has 102 valence electrons. The van der Waals surface area contributed by atoms with Crippen LogP contribution in [0.4, 0.5) is 0 Å². The molecule has 0 bridgehead atoms. The van der Waals surface area contributed by atoms with E-state index in [1.165, 1.54) is 0 Å². The van der Waals surface area contributed by atoms with Crippen LogP contribution in [-0.4, -0.2) is 27.5 Å². The third-order valence-corrected chi connectivity index (χ3v) is 4.81. The summed E-state index contributed by atoms with van der Waals surface area (Å²) in [4.78, 5) is 0.311. The van der Waals surface area contributed by atoms with Crippen molar-refractivity contribution in [2.75, 3.05) is 13.1 Å². The van der Waals surface area contributed by atoms with Crippen LogP contribution in [-0.2, 0) is 10.0 Å². The lowest BCUT2D eigenvalue weighted by Gasteiger charge is -2.23. The molecule has 0 amide bonds. The normalized spacial score (nSPS) is 20.2. The van der Waals surface area contributed by atoms with Gasteiger partial charge in [0.15, 0.2) is 0 Å². The molecule has 1 aliphatic heterocycles. The first kappa shape index (κ1) is 15.9. The van der Waals surface area contributed by atoms with E-state index in [9.17, 15) is 8.42 Å². The summed E-state index contributed by atoms with van der Waals surface area (Å²) in [5, 5.41) is 3.18. The van der Waals surface area contributed by atoms with Crippen molar-refractivity contribution in [2.24, 2.45) is 0 Å². The lowest BCUT2D eigenvalue weighted by Crippen LogP contribution is -2.45. The third-order valence-electron chi connectivity index (χ3n) is 2.74. The zero-order valence-electron chi connectivity index (χ0n) is 9.73. The zero-order chi connectivity index (χ0) is 12.3. The first-order valence-electron chi connectivity index (χ1n) is 5.56. The van der Waals surface area contributed by atoms with Gasteiger partial charge in [0.2, 0.25) is 10.0 Å². The molecule has 1 aromatic rings. The summed E-state index contributed by atoms with van der Waals surface area (Å²) in [5.74, 6) is 0. The van der Waals surface area contributed by atoms with Gasteiger partial charge in [-0.2, -0.15) is 0 Å². The van der Waals surface area contributed by atoms with Gasteiger partial charge < -0.3 is 5.32 Å². The third kappa shape index (κ3) is 4.20. The number of hydrogen-bond acceptors (Lipinski definition) is 3. The van der Waals surface area contributed by atoms with Crippen LogP contribution in [0.5, 0.6) is 0 Å². The SMILES string of the molecule is Cl.O=S(=O)(N[C@H]1CCCNC1)c1ccc(Br)cc1. The second kappa shape index (κ2) is 6.86. The number of piperidine rings is 1. The molecule has 2 rings (SSSR count). The molecule has 1 aromatic carbocycles. The summed E-state index contributed by atoms with van der Waals surface area (Å²) >= 11 is 3.29. The predicted octanol–water partition coefficient (Wildman–Crippen LogP) is 1.90. The van der Waals surface area contributed by atoms with Crippen LogP contribution in [0, 0.1) is 0 Å². The Labute approximate surface area is 122 Å². The highest BCUT2D eigenvalue weighted by Crippen LogP contribution is 2.15. The van der Waals surface area contributed by atoms with Crippen molar-refractivity contribution in [1.29, 1.82) is 0 Å². The second-order valence-electron chi connectivity index (χ2n) is 4.12. The van der Waals surface area contributed by atoms with Gasteiger partial charge in [-0.05, 0) is 43.7 Å². The number of sulfonamides is 1. The molecule has 7 heteroatoms. The van der Waals surface area contributed by atoms with Crippen molar-refractivity contribution < 1.29 is 8.42 Å². The quantitative estimate of drug-likeness (QED) is 0.870. The van der Waals surface area contributed by atoms with Crippen molar-refractivity contribution in [1.82, 2.24) is 10.0 Å². The molecule has 1 fully saturated rings. The lowest BCUT2D eigenvalue weighted by molar-refractivity contribution is 0.428. The fourth-order valence-corrected chi connectivity index (χ4v) is 3.39. The Hall–Kier alpha value is -0.140. The number of nitrogens with one attached hydrogen (secondary N) is 2. The summed E-state index contributed by atoms with van der Waals surface area (Å²) in [6, 6.07) is 6.66. The van der Waals surface area contributed by atoms with Crippen molar-refractivity contribution in [3.8, 4) is 0 Å². The van der Waals surface area contributed by atoms with E-state index < -0.39 is 10.0 Å². The Morgan fingerprint density at radius 2 is 1.94 bits per heavy atom. The van der Waals surface area contributed by atoms with Gasteiger partial charge in [-0.1, -0.05) is 15.9 Å². The molecular formula is C11H16BrClN2O2S. The molecule has 0 radical (unpaired) electrons. The van der Waals surface area contributed by atoms with E-state index in [0.717, 1.165) is 23.9 Å². The molecule has 0 unspecified atom stereocenters. The van der Waals surface area contributed by atoms with Crippen LogP contribution < -0.4 is 10.0 Å². The minimum Gasteiger partial charge on any atom is -0.315 e. The van der Waals surface area contributed by atoms with E-state index in [1.54, 1.807) is 24.3 Å². The highest BCUT2D eigenvalue weighted by atomic mass is 79.9. The van der Waals surface area contributed by atoms with E-state index in [-0.39, 0.29) is 18.4 Å². The monoisotopic (exact) mass is 354 g/mol. The van der Waals surface area contributed by atoms with Crippen molar-refractivity contribution in [3.05, 3.63) is 28.7 Å². The van der Waals surface area contributed by atoms with E-state index >= 15 is 0 Å². The molecule has 0 saturated carbocycles. The lowest BCUT2D eigenvalue weighted by atomic mass is 10.1. The van der Waals surface area contributed by atoms with Crippen LogP contribution in [0.25, 0.3) is 0 Å². The molecular weight excluding hydrogens is 340 g/mol. The van der Waals surface area contributed by atoms with Crippen LogP contribution >= 0.6 is 28.3 Å². The Morgan fingerprint density at radius 1 is 1.28 bits per heavy atom. The molecule has 0 aromatic heterocycles. The van der Waals surface area contributed by atoms with Gasteiger partial charge in [-0.15, -0.1) is 12.4 Å². The van der Waals surface area contributed by atoms with E-state index in [2.05, 4.69) is 26.0 Å². The smallest absolute Gasteiger partial charge is 0.240 e. The van der Waals surface area contributed by atoms with E-state index in [4.69, 9.17) is 0 Å². The van der Waals surface area contributed by atoms with Gasteiger partial charge in [0, 0.05) is 17.1 Å². The van der Waals surface area contributed by atoms with Gasteiger partial charge in [0.1, 0.15) is 0 Å². The Balaban J connectivity index is 0.00000162. The molecule has 2 N–H and O–H groups in total. The fourth-order valence-electron chi connectivity index (χ4n) is 1.85. The molecule has 0 spiro atoms. The molecule has 18 heavy (non-hydrogen) atoms. The minimum absolute atomic E-state index is 0. The van der Waals surface area contributed by atoms with E-state index in [0.29, 0.717) is 11.4 Å². The number of benzene rings is 1. The summed E-state index contributed by atoms with van der Waals surface area (Å²) in [6.07, 6.45) is 1.90. The average Bonchev–Trinajstić information content (AvgIpc) is 2.30. The van der Waals surface area contributed by atoms with E-state index in [1.807, 2.05) is 0 Å². The zero-order valence-corrected chi connectivity index (χ0v) is 12.9. The van der Waals surface area contributed by atoms with Crippen molar-refractivity contribution >= 4 is 38.4 Å². The molecule has 1 atom stereocenters. The number of rotatable bonds is 3. The van der Waals surface area contributed by atoms with Gasteiger partial charge >= 0.3 is 0 Å². The Bertz CT molecular complexity index is 472. The predicted molar refractivity (Wildman–Crippen MR) is 77.6 cm³/mol. The first-order valence-corrected chi connectivity index (χ1v) is 7.84. The van der Waals surface area contributed by atoms with Crippen LogP contribution in [0.1, 0.15) is 12.8 Å². The Morgan fingerprint density at radius 3 is 2.50 bits per heavy atom. The maximum absolute atomic E-state index is 12.1. The molecule has 0 aliphatic carbocycles. The Kier molecular flexibility index (Phi) is 6.07. The fraction of sp³-hybridized carbons (Fsp3) is 0.455. The first-order chi connectivity index (χ1) is 8.08. The molecule has 4 nitrogen and oxygen atoms in total. The maximum Gasteiger partial charge on any atom is 0.240 e. The highest BCUT2D eigenvalue weighted by molar-refractivity contribution is 9.10. The summed E-state index contributed by atoms with van der Waals surface area (Å²) < 4.78 is 27.7. The van der Waals surface area contributed by atoms with Crippen LogP contribution in [0.15, 0.2) is 33.6 Å². The van der Waals surface area contributed by atoms with Gasteiger partial charge in [-0.25, -0.2) is 13.1 Å². The van der Waals surface area contributed by atoms with Gasteiger partial charge in [-0.3, -0.25) is 0 Å². The highest BCUT2D eigenvalue weighted by Gasteiger charge is 2.21. The van der Waals surface area contributed by atoms with Gasteiger partial charge in [0.05, 0.1) is 4.90 Å². The molecule has 1 heterocycles.